The van der Waals surface area contributed by atoms with Crippen molar-refractivity contribution in [1.29, 1.82) is 0 Å². The topological polar surface area (TPSA) is 90.3 Å². The van der Waals surface area contributed by atoms with Crippen LogP contribution in [0.25, 0.3) is 10.9 Å². The Hall–Kier alpha value is -3.78. The van der Waals surface area contributed by atoms with Crippen molar-refractivity contribution in [3.63, 3.8) is 0 Å². The number of halogens is 1. The van der Waals surface area contributed by atoms with E-state index in [-0.39, 0.29) is 18.0 Å². The fraction of sp³-hybridized carbons (Fsp3) is 0.0833. The molecule has 0 saturated heterocycles. The minimum Gasteiger partial charge on any atom is -0.497 e. The Morgan fingerprint density at radius 3 is 2.62 bits per heavy atom. The molecule has 160 valence electrons. The number of rotatable bonds is 6. The van der Waals surface area contributed by atoms with Crippen LogP contribution in [0, 0.1) is 0 Å². The van der Waals surface area contributed by atoms with Crippen LogP contribution in [0.2, 0.25) is 0 Å². The molecule has 0 aliphatic heterocycles. The number of ether oxygens (including phenoxy) is 1. The molecule has 0 unspecified atom stereocenters. The first-order chi connectivity index (χ1) is 15.5. The summed E-state index contributed by atoms with van der Waals surface area (Å²) < 4.78 is 7.48. The summed E-state index contributed by atoms with van der Waals surface area (Å²) in [4.78, 5) is 42.8. The first-order valence-corrected chi connectivity index (χ1v) is 10.5. The fourth-order valence-electron chi connectivity index (χ4n) is 3.38. The number of pyridine rings is 2. The van der Waals surface area contributed by atoms with E-state index in [1.807, 2.05) is 0 Å². The van der Waals surface area contributed by atoms with Gasteiger partial charge in [0.15, 0.2) is 5.78 Å². The lowest BCUT2D eigenvalue weighted by atomic mass is 10.0. The summed E-state index contributed by atoms with van der Waals surface area (Å²) in [5, 5.41) is 3.16. The van der Waals surface area contributed by atoms with Crippen LogP contribution in [-0.2, 0) is 11.3 Å². The zero-order valence-electron chi connectivity index (χ0n) is 17.0. The van der Waals surface area contributed by atoms with E-state index in [0.29, 0.717) is 32.4 Å². The molecule has 1 amide bonds. The van der Waals surface area contributed by atoms with E-state index in [9.17, 15) is 14.4 Å². The van der Waals surface area contributed by atoms with Crippen molar-refractivity contribution in [2.24, 2.45) is 0 Å². The van der Waals surface area contributed by atoms with Crippen molar-refractivity contribution in [1.82, 2.24) is 9.55 Å². The number of ketones is 1. The third kappa shape index (κ3) is 4.45. The molecule has 2 aromatic carbocycles. The first kappa shape index (κ1) is 21.5. The number of nitrogens with one attached hydrogen (secondary N) is 1. The van der Waals surface area contributed by atoms with Gasteiger partial charge in [-0.25, -0.2) is 0 Å². The minimum absolute atomic E-state index is 0.0176. The van der Waals surface area contributed by atoms with E-state index in [0.717, 1.165) is 0 Å². The zero-order valence-corrected chi connectivity index (χ0v) is 18.6. The largest absolute Gasteiger partial charge is 0.497 e. The van der Waals surface area contributed by atoms with Crippen LogP contribution in [0.4, 0.5) is 5.69 Å². The molecule has 2 aromatic heterocycles. The molecule has 0 atom stereocenters. The fourth-order valence-corrected chi connectivity index (χ4v) is 3.74. The van der Waals surface area contributed by atoms with Gasteiger partial charge in [0, 0.05) is 45.8 Å². The second kappa shape index (κ2) is 9.15. The molecule has 8 heteroatoms. The Morgan fingerprint density at radius 1 is 1.09 bits per heavy atom. The van der Waals surface area contributed by atoms with Crippen LogP contribution in [0.15, 0.2) is 82.5 Å². The minimum atomic E-state index is -0.429. The van der Waals surface area contributed by atoms with Crippen molar-refractivity contribution in [2.75, 3.05) is 12.4 Å². The lowest BCUT2D eigenvalue weighted by Gasteiger charge is -2.14. The molecule has 0 aliphatic rings. The lowest BCUT2D eigenvalue weighted by Crippen LogP contribution is -2.24. The summed E-state index contributed by atoms with van der Waals surface area (Å²) in [5.41, 5.74) is 1.06. The Morgan fingerprint density at radius 2 is 1.88 bits per heavy atom. The van der Waals surface area contributed by atoms with Crippen LogP contribution in [0.3, 0.4) is 0 Å². The highest BCUT2D eigenvalue weighted by molar-refractivity contribution is 9.10. The van der Waals surface area contributed by atoms with Gasteiger partial charge in [-0.1, -0.05) is 22.0 Å². The molecule has 4 aromatic rings. The SMILES string of the molecule is COc1cccc(NC(=O)Cn2cc(C(=O)c3ccncc3)c(=O)c3cc(Br)ccc32)c1. The Bertz CT molecular complexity index is 1380. The summed E-state index contributed by atoms with van der Waals surface area (Å²) >= 11 is 3.37. The van der Waals surface area contributed by atoms with E-state index in [4.69, 9.17) is 4.74 Å². The van der Waals surface area contributed by atoms with Gasteiger partial charge >= 0.3 is 0 Å². The third-order valence-corrected chi connectivity index (χ3v) is 5.39. The number of aromatic nitrogens is 2. The highest BCUT2D eigenvalue weighted by Crippen LogP contribution is 2.20. The number of carbonyl (C=O) groups excluding carboxylic acids is 2. The Kier molecular flexibility index (Phi) is 6.13. The molecule has 0 fully saturated rings. The van der Waals surface area contributed by atoms with E-state index < -0.39 is 11.2 Å². The van der Waals surface area contributed by atoms with Gasteiger partial charge in [0.2, 0.25) is 11.3 Å². The van der Waals surface area contributed by atoms with Gasteiger partial charge in [0.25, 0.3) is 0 Å². The van der Waals surface area contributed by atoms with Crippen molar-refractivity contribution in [2.45, 2.75) is 6.54 Å². The number of anilines is 1. The molecule has 0 saturated carbocycles. The molecule has 0 aliphatic carbocycles. The van der Waals surface area contributed by atoms with Gasteiger partial charge < -0.3 is 14.6 Å². The molecule has 0 bridgehead atoms. The van der Waals surface area contributed by atoms with Gasteiger partial charge in [-0.2, -0.15) is 0 Å². The smallest absolute Gasteiger partial charge is 0.244 e. The zero-order chi connectivity index (χ0) is 22.7. The molecule has 0 radical (unpaired) electrons. The first-order valence-electron chi connectivity index (χ1n) is 9.67. The number of benzene rings is 2. The van der Waals surface area contributed by atoms with Gasteiger partial charge in [-0.15, -0.1) is 0 Å². The molecule has 0 spiro atoms. The average molecular weight is 492 g/mol. The predicted octanol–water partition coefficient (Wildman–Crippen LogP) is 4.04. The molecule has 4 rings (SSSR count). The van der Waals surface area contributed by atoms with Crippen molar-refractivity contribution in [3.8, 4) is 5.75 Å². The summed E-state index contributed by atoms with van der Waals surface area (Å²) in [6.07, 6.45) is 4.42. The summed E-state index contributed by atoms with van der Waals surface area (Å²) in [6, 6.07) is 15.3. The maximum atomic E-state index is 13.1. The Balaban J connectivity index is 1.74. The second-order valence-corrected chi connectivity index (χ2v) is 7.92. The number of methoxy groups -OCH3 is 1. The van der Waals surface area contributed by atoms with Crippen LogP contribution in [-0.4, -0.2) is 28.4 Å². The second-order valence-electron chi connectivity index (χ2n) is 7.01. The normalized spacial score (nSPS) is 10.7. The van der Waals surface area contributed by atoms with E-state index >= 15 is 0 Å². The lowest BCUT2D eigenvalue weighted by molar-refractivity contribution is -0.116. The average Bonchev–Trinajstić information content (AvgIpc) is 2.81. The number of fused-ring (bicyclic) bond motifs is 1. The van der Waals surface area contributed by atoms with Crippen molar-refractivity contribution >= 4 is 44.2 Å². The van der Waals surface area contributed by atoms with Crippen LogP contribution in [0.1, 0.15) is 15.9 Å². The van der Waals surface area contributed by atoms with Gasteiger partial charge in [0.1, 0.15) is 12.3 Å². The molecular weight excluding hydrogens is 474 g/mol. The van der Waals surface area contributed by atoms with E-state index in [2.05, 4.69) is 26.2 Å². The maximum Gasteiger partial charge on any atom is 0.244 e. The summed E-state index contributed by atoms with van der Waals surface area (Å²) in [5.74, 6) is -0.124. The standard InChI is InChI=1S/C24H18BrN3O4/c1-32-18-4-2-3-17(12-18)27-22(29)14-28-13-20(23(30)15-7-9-26-10-8-15)24(31)19-11-16(25)5-6-21(19)28/h2-13H,14H2,1H3,(H,27,29). The summed E-state index contributed by atoms with van der Waals surface area (Å²) in [6.45, 7) is -0.0910. The molecule has 32 heavy (non-hydrogen) atoms. The number of amides is 1. The maximum absolute atomic E-state index is 13.1. The quantitative estimate of drug-likeness (QED) is 0.411. The highest BCUT2D eigenvalue weighted by Gasteiger charge is 2.18. The monoisotopic (exact) mass is 491 g/mol. The summed E-state index contributed by atoms with van der Waals surface area (Å²) in [7, 11) is 1.55. The van der Waals surface area contributed by atoms with E-state index in [1.165, 1.54) is 18.6 Å². The van der Waals surface area contributed by atoms with E-state index in [1.54, 1.807) is 66.3 Å². The number of nitrogens with zero attached hydrogens (tertiary/aromatic N) is 2. The number of carbonyl (C=O) groups is 2. The third-order valence-electron chi connectivity index (χ3n) is 4.90. The van der Waals surface area contributed by atoms with Crippen LogP contribution in [0.5, 0.6) is 5.75 Å². The number of hydrogen-bond acceptors (Lipinski definition) is 5. The Labute approximate surface area is 191 Å². The van der Waals surface area contributed by atoms with Crippen LogP contribution >= 0.6 is 15.9 Å². The van der Waals surface area contributed by atoms with Gasteiger partial charge in [-0.05, 0) is 42.5 Å². The van der Waals surface area contributed by atoms with Crippen LogP contribution < -0.4 is 15.5 Å². The molecule has 7 nitrogen and oxygen atoms in total. The van der Waals surface area contributed by atoms with Crippen molar-refractivity contribution in [3.05, 3.63) is 99.0 Å². The molecule has 1 N–H and O–H groups in total. The predicted molar refractivity (Wildman–Crippen MR) is 125 cm³/mol. The van der Waals surface area contributed by atoms with Crippen molar-refractivity contribution < 1.29 is 14.3 Å². The highest BCUT2D eigenvalue weighted by atomic mass is 79.9. The number of hydrogen-bond donors (Lipinski definition) is 1. The van der Waals surface area contributed by atoms with Gasteiger partial charge in [-0.3, -0.25) is 19.4 Å². The van der Waals surface area contributed by atoms with Gasteiger partial charge in [0.05, 0.1) is 18.2 Å². The molecular formula is C24H18BrN3O4. The molecule has 2 heterocycles.